The zero-order valence-electron chi connectivity index (χ0n) is 11.5. The van der Waals surface area contributed by atoms with E-state index < -0.39 is 6.04 Å². The Labute approximate surface area is 126 Å². The van der Waals surface area contributed by atoms with E-state index in [-0.39, 0.29) is 11.7 Å². The van der Waals surface area contributed by atoms with Crippen LogP contribution in [-0.4, -0.2) is 18.2 Å². The van der Waals surface area contributed by atoms with E-state index in [1.54, 1.807) is 29.7 Å². The normalized spacial score (nSPS) is 12.3. The third-order valence-electron chi connectivity index (χ3n) is 2.82. The van der Waals surface area contributed by atoms with Gasteiger partial charge in [-0.25, -0.2) is 9.82 Å². The molecule has 0 unspecified atom stereocenters. The standard InChI is InChI=1S/C15H16FN3OS/c1-2-14(18-12-7-5-11(16)6-8-12)15(20)19-17-10-13-4-3-9-21-13/h3-10,14,18H,2H2,1H3,(H,19,20)/b17-10-/t14-/m0/s1. The van der Waals surface area contributed by atoms with Crippen LogP contribution < -0.4 is 10.7 Å². The highest BCUT2D eigenvalue weighted by Gasteiger charge is 2.15. The predicted octanol–water partition coefficient (Wildman–Crippen LogP) is 3.23. The summed E-state index contributed by atoms with van der Waals surface area (Å²) in [6, 6.07) is 9.30. The van der Waals surface area contributed by atoms with Gasteiger partial charge in [0, 0.05) is 10.6 Å². The summed E-state index contributed by atoms with van der Waals surface area (Å²) in [5, 5.41) is 8.91. The van der Waals surface area contributed by atoms with Crippen LogP contribution in [0, 0.1) is 5.82 Å². The van der Waals surface area contributed by atoms with Crippen molar-refractivity contribution < 1.29 is 9.18 Å². The molecule has 2 rings (SSSR count). The molecule has 2 aromatic rings. The Morgan fingerprint density at radius 1 is 1.38 bits per heavy atom. The number of carbonyl (C=O) groups excluding carboxylic acids is 1. The average molecular weight is 305 g/mol. The summed E-state index contributed by atoms with van der Waals surface area (Å²) in [4.78, 5) is 13.0. The van der Waals surface area contributed by atoms with Crippen molar-refractivity contribution in [2.75, 3.05) is 5.32 Å². The van der Waals surface area contributed by atoms with Crippen LogP contribution in [0.2, 0.25) is 0 Å². The number of thiophene rings is 1. The van der Waals surface area contributed by atoms with Gasteiger partial charge in [-0.05, 0) is 42.1 Å². The first-order valence-electron chi connectivity index (χ1n) is 6.57. The van der Waals surface area contributed by atoms with E-state index in [0.29, 0.717) is 12.1 Å². The van der Waals surface area contributed by atoms with Crippen LogP contribution in [0.5, 0.6) is 0 Å². The van der Waals surface area contributed by atoms with Gasteiger partial charge in [0.1, 0.15) is 11.9 Å². The Kier molecular flexibility index (Phi) is 5.45. The Hall–Kier alpha value is -2.21. The Morgan fingerprint density at radius 3 is 2.76 bits per heavy atom. The lowest BCUT2D eigenvalue weighted by atomic mass is 10.2. The van der Waals surface area contributed by atoms with Crippen molar-refractivity contribution in [2.24, 2.45) is 5.10 Å². The molecule has 1 heterocycles. The number of nitrogens with zero attached hydrogens (tertiary/aromatic N) is 1. The zero-order chi connectivity index (χ0) is 15.1. The molecule has 1 aromatic heterocycles. The van der Waals surface area contributed by atoms with Crippen LogP contribution in [0.3, 0.4) is 0 Å². The number of hydrogen-bond acceptors (Lipinski definition) is 4. The van der Waals surface area contributed by atoms with Crippen molar-refractivity contribution in [2.45, 2.75) is 19.4 Å². The number of halogens is 1. The summed E-state index contributed by atoms with van der Waals surface area (Å²) < 4.78 is 12.8. The van der Waals surface area contributed by atoms with Gasteiger partial charge in [-0.15, -0.1) is 11.3 Å². The molecule has 0 saturated heterocycles. The SMILES string of the molecule is CC[C@H](Nc1ccc(F)cc1)C(=O)N/N=C\c1cccs1. The van der Waals surface area contributed by atoms with Gasteiger partial charge < -0.3 is 5.32 Å². The summed E-state index contributed by atoms with van der Waals surface area (Å²) in [6.45, 7) is 1.89. The van der Waals surface area contributed by atoms with E-state index >= 15 is 0 Å². The van der Waals surface area contributed by atoms with Gasteiger partial charge in [-0.2, -0.15) is 5.10 Å². The smallest absolute Gasteiger partial charge is 0.262 e. The van der Waals surface area contributed by atoms with Crippen molar-refractivity contribution in [3.8, 4) is 0 Å². The van der Waals surface area contributed by atoms with Crippen LogP contribution in [0.25, 0.3) is 0 Å². The zero-order valence-corrected chi connectivity index (χ0v) is 12.4. The van der Waals surface area contributed by atoms with Crippen molar-refractivity contribution >= 4 is 29.1 Å². The van der Waals surface area contributed by atoms with Crippen molar-refractivity contribution in [1.82, 2.24) is 5.43 Å². The molecule has 0 fully saturated rings. The molecule has 110 valence electrons. The molecule has 0 aliphatic heterocycles. The molecule has 21 heavy (non-hydrogen) atoms. The van der Waals surface area contributed by atoms with Crippen LogP contribution in [0.15, 0.2) is 46.9 Å². The number of hydrazone groups is 1. The van der Waals surface area contributed by atoms with Gasteiger partial charge in [0.05, 0.1) is 6.21 Å². The maximum atomic E-state index is 12.8. The van der Waals surface area contributed by atoms with E-state index in [1.807, 2.05) is 24.4 Å². The Bertz CT molecular complexity index is 596. The molecule has 0 bridgehead atoms. The van der Waals surface area contributed by atoms with Crippen molar-refractivity contribution in [1.29, 1.82) is 0 Å². The van der Waals surface area contributed by atoms with E-state index in [0.717, 1.165) is 4.88 Å². The second-order valence-corrected chi connectivity index (χ2v) is 5.34. The monoisotopic (exact) mass is 305 g/mol. The first-order chi connectivity index (χ1) is 10.2. The number of anilines is 1. The summed E-state index contributed by atoms with van der Waals surface area (Å²) in [5.41, 5.74) is 3.20. The molecule has 1 aromatic carbocycles. The summed E-state index contributed by atoms with van der Waals surface area (Å²) in [7, 11) is 0. The highest BCUT2D eigenvalue weighted by atomic mass is 32.1. The maximum absolute atomic E-state index is 12.8. The minimum absolute atomic E-state index is 0.227. The number of rotatable bonds is 6. The van der Waals surface area contributed by atoms with E-state index in [1.165, 1.54) is 12.1 Å². The highest BCUT2D eigenvalue weighted by molar-refractivity contribution is 7.11. The molecule has 0 aliphatic carbocycles. The number of nitrogens with one attached hydrogen (secondary N) is 2. The van der Waals surface area contributed by atoms with Crippen molar-refractivity contribution in [3.63, 3.8) is 0 Å². The lowest BCUT2D eigenvalue weighted by Gasteiger charge is -2.16. The Morgan fingerprint density at radius 2 is 2.14 bits per heavy atom. The fourth-order valence-electron chi connectivity index (χ4n) is 1.70. The molecule has 0 spiro atoms. The summed E-state index contributed by atoms with van der Waals surface area (Å²) >= 11 is 1.54. The van der Waals surface area contributed by atoms with Crippen LogP contribution in [0.4, 0.5) is 10.1 Å². The van der Waals surface area contributed by atoms with E-state index in [9.17, 15) is 9.18 Å². The fourth-order valence-corrected chi connectivity index (χ4v) is 2.29. The van der Waals surface area contributed by atoms with E-state index in [2.05, 4.69) is 15.8 Å². The second-order valence-electron chi connectivity index (χ2n) is 4.36. The molecule has 4 nitrogen and oxygen atoms in total. The third-order valence-corrected chi connectivity index (χ3v) is 3.63. The average Bonchev–Trinajstić information content (AvgIpc) is 3.00. The molecule has 0 saturated carbocycles. The summed E-state index contributed by atoms with van der Waals surface area (Å²) in [5.74, 6) is -0.534. The van der Waals surface area contributed by atoms with Crippen LogP contribution in [-0.2, 0) is 4.79 Å². The van der Waals surface area contributed by atoms with Crippen molar-refractivity contribution in [3.05, 3.63) is 52.5 Å². The lowest BCUT2D eigenvalue weighted by Crippen LogP contribution is -2.36. The molecule has 0 radical (unpaired) electrons. The molecule has 1 atom stereocenters. The topological polar surface area (TPSA) is 53.5 Å². The number of benzene rings is 1. The second kappa shape index (κ2) is 7.54. The molecule has 1 amide bonds. The van der Waals surface area contributed by atoms with Gasteiger partial charge in [0.2, 0.25) is 0 Å². The molecule has 6 heteroatoms. The number of carbonyl (C=O) groups is 1. The predicted molar refractivity (Wildman–Crippen MR) is 84.2 cm³/mol. The largest absolute Gasteiger partial charge is 0.374 e. The quantitative estimate of drug-likeness (QED) is 0.636. The fraction of sp³-hybridized carbons (Fsp3) is 0.200. The minimum atomic E-state index is -0.420. The minimum Gasteiger partial charge on any atom is -0.374 e. The van der Waals surface area contributed by atoms with Gasteiger partial charge in [-0.1, -0.05) is 13.0 Å². The van der Waals surface area contributed by atoms with Gasteiger partial charge in [-0.3, -0.25) is 4.79 Å². The summed E-state index contributed by atoms with van der Waals surface area (Å²) in [6.07, 6.45) is 2.20. The molecular weight excluding hydrogens is 289 g/mol. The van der Waals surface area contributed by atoms with Gasteiger partial charge in [0.15, 0.2) is 0 Å². The lowest BCUT2D eigenvalue weighted by molar-refractivity contribution is -0.121. The third kappa shape index (κ3) is 4.68. The number of hydrogen-bond donors (Lipinski definition) is 2. The van der Waals surface area contributed by atoms with Crippen LogP contribution >= 0.6 is 11.3 Å². The van der Waals surface area contributed by atoms with Gasteiger partial charge >= 0.3 is 0 Å². The molecule has 0 aliphatic rings. The molecule has 2 N–H and O–H groups in total. The molecular formula is C15H16FN3OS. The Balaban J connectivity index is 1.90. The first-order valence-corrected chi connectivity index (χ1v) is 7.45. The first kappa shape index (κ1) is 15.2. The maximum Gasteiger partial charge on any atom is 0.262 e. The van der Waals surface area contributed by atoms with Gasteiger partial charge in [0.25, 0.3) is 5.91 Å². The van der Waals surface area contributed by atoms with E-state index in [4.69, 9.17) is 0 Å². The highest BCUT2D eigenvalue weighted by Crippen LogP contribution is 2.11. The number of amides is 1. The van der Waals surface area contributed by atoms with Crippen LogP contribution in [0.1, 0.15) is 18.2 Å².